The van der Waals surface area contributed by atoms with E-state index in [1.165, 1.54) is 34.8 Å². The third kappa shape index (κ3) is 3.88. The van der Waals surface area contributed by atoms with Crippen molar-refractivity contribution in [2.75, 3.05) is 13.1 Å². The predicted octanol–water partition coefficient (Wildman–Crippen LogP) is 2.95. The van der Waals surface area contributed by atoms with E-state index in [1.54, 1.807) is 0 Å². The molecule has 2 aromatic rings. The van der Waals surface area contributed by atoms with Crippen LogP contribution in [0.5, 0.6) is 0 Å². The number of nitrogens with zero attached hydrogens (tertiary/aromatic N) is 2. The summed E-state index contributed by atoms with van der Waals surface area (Å²) in [6, 6.07) is 9.68. The Morgan fingerprint density at radius 1 is 1.18 bits per heavy atom. The summed E-state index contributed by atoms with van der Waals surface area (Å²) in [4.78, 5) is 12.4. The van der Waals surface area contributed by atoms with Gasteiger partial charge in [-0.15, -0.1) is 0 Å². The number of carbonyl (C=O) groups is 1. The van der Waals surface area contributed by atoms with Crippen molar-refractivity contribution in [3.05, 3.63) is 53.5 Å². The van der Waals surface area contributed by atoms with Crippen LogP contribution in [0.25, 0.3) is 0 Å². The Morgan fingerprint density at radius 3 is 2.50 bits per heavy atom. The number of sulfonamides is 1. The van der Waals surface area contributed by atoms with Crippen LogP contribution in [0.15, 0.2) is 50.8 Å². The molecule has 8 heteroatoms. The largest absolute Gasteiger partial charge is 0.460 e. The zero-order chi connectivity index (χ0) is 19.7. The Kier molecular flexibility index (Phi) is 5.07. The van der Waals surface area contributed by atoms with Crippen molar-refractivity contribution < 1.29 is 17.6 Å². The quantitative estimate of drug-likeness (QED) is 0.595. The minimum atomic E-state index is -3.48. The molecule has 0 unspecified atom stereocenters. The molecule has 7 nitrogen and oxygen atoms in total. The molecule has 1 N–H and O–H groups in total. The summed E-state index contributed by atoms with van der Waals surface area (Å²) < 4.78 is 32.2. The lowest BCUT2D eigenvalue weighted by atomic mass is 10.2. The highest BCUT2D eigenvalue weighted by Crippen LogP contribution is 2.47. The van der Waals surface area contributed by atoms with E-state index in [-0.39, 0.29) is 4.90 Å². The van der Waals surface area contributed by atoms with E-state index >= 15 is 0 Å². The van der Waals surface area contributed by atoms with Gasteiger partial charge in [-0.1, -0.05) is 6.92 Å². The fourth-order valence-electron chi connectivity index (χ4n) is 3.43. The molecule has 28 heavy (non-hydrogen) atoms. The molecule has 1 aliphatic carbocycles. The van der Waals surface area contributed by atoms with Gasteiger partial charge in [0.2, 0.25) is 10.0 Å². The number of hydrazone groups is 1. The number of rotatable bonds is 6. The average molecular weight is 401 g/mol. The van der Waals surface area contributed by atoms with Gasteiger partial charge < -0.3 is 4.42 Å². The smallest absolute Gasteiger partial charge is 0.271 e. The lowest BCUT2D eigenvalue weighted by Crippen LogP contribution is -2.28. The fraction of sp³-hybridized carbons (Fsp3) is 0.400. The zero-order valence-electron chi connectivity index (χ0n) is 15.7. The molecule has 0 spiro atoms. The van der Waals surface area contributed by atoms with Gasteiger partial charge in [0.1, 0.15) is 11.5 Å². The topological polar surface area (TPSA) is 92.0 Å². The second-order valence-electron chi connectivity index (χ2n) is 7.39. The molecule has 148 valence electrons. The molecule has 1 aliphatic heterocycles. The van der Waals surface area contributed by atoms with Crippen LogP contribution >= 0.6 is 0 Å². The fourth-order valence-corrected chi connectivity index (χ4v) is 4.95. The number of nitrogens with one attached hydrogen (secondary N) is 1. The van der Waals surface area contributed by atoms with Crippen molar-refractivity contribution in [2.24, 2.45) is 11.0 Å². The normalized spacial score (nSPS) is 22.6. The molecule has 2 fully saturated rings. The minimum absolute atomic E-state index is 0.201. The van der Waals surface area contributed by atoms with Gasteiger partial charge in [-0.3, -0.25) is 4.79 Å². The maximum Gasteiger partial charge on any atom is 0.271 e. The summed E-state index contributed by atoms with van der Waals surface area (Å²) in [6.07, 6.45) is 4.37. The minimum Gasteiger partial charge on any atom is -0.460 e. The van der Waals surface area contributed by atoms with E-state index < -0.39 is 15.9 Å². The molecular formula is C20H23N3O4S. The monoisotopic (exact) mass is 401 g/mol. The van der Waals surface area contributed by atoms with E-state index in [2.05, 4.69) is 17.5 Å². The van der Waals surface area contributed by atoms with Gasteiger partial charge in [-0.25, -0.2) is 13.8 Å². The van der Waals surface area contributed by atoms with Crippen LogP contribution in [-0.4, -0.2) is 37.9 Å². The SMILES string of the molecule is C[C@H]1C[C@@H]1c1ccc(/C=N\NC(=O)c2ccc(S(=O)(=O)N3CCCC3)cc2)o1. The number of hydrogen-bond acceptors (Lipinski definition) is 5. The number of hydrogen-bond donors (Lipinski definition) is 1. The van der Waals surface area contributed by atoms with Crippen LogP contribution in [0.1, 0.15) is 54.0 Å². The molecule has 1 aromatic carbocycles. The Hall–Kier alpha value is -2.45. The molecule has 1 amide bonds. The third-order valence-corrected chi connectivity index (χ3v) is 7.21. The predicted molar refractivity (Wildman–Crippen MR) is 105 cm³/mol. The number of carbonyl (C=O) groups excluding carboxylic acids is 1. The molecule has 2 heterocycles. The molecule has 1 saturated carbocycles. The lowest BCUT2D eigenvalue weighted by molar-refractivity contribution is 0.0955. The van der Waals surface area contributed by atoms with Gasteiger partial charge in [-0.2, -0.15) is 9.41 Å². The molecule has 0 radical (unpaired) electrons. The van der Waals surface area contributed by atoms with Gasteiger partial charge >= 0.3 is 0 Å². The van der Waals surface area contributed by atoms with Crippen molar-refractivity contribution in [3.8, 4) is 0 Å². The maximum absolute atomic E-state index is 12.5. The maximum atomic E-state index is 12.5. The Balaban J connectivity index is 1.36. The Labute approximate surface area is 164 Å². The van der Waals surface area contributed by atoms with E-state index in [0.717, 1.165) is 25.0 Å². The molecule has 1 aromatic heterocycles. The van der Waals surface area contributed by atoms with Crippen LogP contribution < -0.4 is 5.43 Å². The first-order valence-corrected chi connectivity index (χ1v) is 10.9. The molecule has 0 bridgehead atoms. The molecule has 1 saturated heterocycles. The summed E-state index contributed by atoms with van der Waals surface area (Å²) in [6.45, 7) is 3.28. The number of furan rings is 1. The highest BCUT2D eigenvalue weighted by atomic mass is 32.2. The van der Waals surface area contributed by atoms with E-state index in [9.17, 15) is 13.2 Å². The third-order valence-electron chi connectivity index (χ3n) is 5.30. The van der Waals surface area contributed by atoms with E-state index in [4.69, 9.17) is 4.42 Å². The van der Waals surface area contributed by atoms with Crippen molar-refractivity contribution >= 4 is 22.1 Å². The molecule has 2 atom stereocenters. The van der Waals surface area contributed by atoms with Gasteiger partial charge in [-0.05, 0) is 61.6 Å². The summed E-state index contributed by atoms with van der Waals surface area (Å²) in [5, 5.41) is 3.92. The summed E-state index contributed by atoms with van der Waals surface area (Å²) in [5.74, 6) is 2.28. The first-order chi connectivity index (χ1) is 13.4. The van der Waals surface area contributed by atoms with Crippen molar-refractivity contribution in [3.63, 3.8) is 0 Å². The van der Waals surface area contributed by atoms with Crippen molar-refractivity contribution in [2.45, 2.75) is 37.0 Å². The molecule has 2 aliphatic rings. The van der Waals surface area contributed by atoms with Crippen molar-refractivity contribution in [1.82, 2.24) is 9.73 Å². The van der Waals surface area contributed by atoms with Crippen LogP contribution in [0.4, 0.5) is 0 Å². The van der Waals surface area contributed by atoms with Crippen LogP contribution in [0, 0.1) is 5.92 Å². The number of amides is 1. The second-order valence-corrected chi connectivity index (χ2v) is 9.33. The summed E-state index contributed by atoms with van der Waals surface area (Å²) in [7, 11) is -3.48. The first kappa shape index (κ1) is 18.9. The van der Waals surface area contributed by atoms with Gasteiger partial charge in [0, 0.05) is 24.6 Å². The highest BCUT2D eigenvalue weighted by molar-refractivity contribution is 7.89. The van der Waals surface area contributed by atoms with Gasteiger partial charge in [0.25, 0.3) is 5.91 Å². The zero-order valence-corrected chi connectivity index (χ0v) is 16.5. The number of benzene rings is 1. The van der Waals surface area contributed by atoms with Gasteiger partial charge in [0.15, 0.2) is 0 Å². The second kappa shape index (κ2) is 7.52. The summed E-state index contributed by atoms with van der Waals surface area (Å²) >= 11 is 0. The average Bonchev–Trinajstić information content (AvgIpc) is 3.12. The van der Waals surface area contributed by atoms with E-state index in [0.29, 0.717) is 36.2 Å². The standard InChI is InChI=1S/C20H23N3O4S/c1-14-12-18(14)19-9-6-16(27-19)13-21-22-20(24)15-4-7-17(8-5-15)28(25,26)23-10-2-3-11-23/h4-9,13-14,18H,2-3,10-12H2,1H3,(H,22,24)/b21-13-/t14-,18-/m0/s1. The lowest BCUT2D eigenvalue weighted by Gasteiger charge is -2.15. The first-order valence-electron chi connectivity index (χ1n) is 9.48. The van der Waals surface area contributed by atoms with Gasteiger partial charge in [0.05, 0.1) is 11.1 Å². The Bertz CT molecular complexity index is 989. The van der Waals surface area contributed by atoms with Crippen LogP contribution in [0.2, 0.25) is 0 Å². The summed E-state index contributed by atoms with van der Waals surface area (Å²) in [5.41, 5.74) is 2.77. The van der Waals surface area contributed by atoms with E-state index in [1.807, 2.05) is 12.1 Å². The van der Waals surface area contributed by atoms with Crippen molar-refractivity contribution in [1.29, 1.82) is 0 Å². The molecular weight excluding hydrogens is 378 g/mol. The van der Waals surface area contributed by atoms with Crippen LogP contribution in [-0.2, 0) is 10.0 Å². The Morgan fingerprint density at radius 2 is 1.86 bits per heavy atom. The van der Waals surface area contributed by atoms with Crippen LogP contribution in [0.3, 0.4) is 0 Å². The molecule has 4 rings (SSSR count). The highest BCUT2D eigenvalue weighted by Gasteiger charge is 2.36.